The van der Waals surface area contributed by atoms with Crippen LogP contribution < -0.4 is 5.73 Å². The first-order valence-corrected chi connectivity index (χ1v) is 6.84. The standard InChI is InChI=1S/C13H27NO5/c1-15-4-3-5-17-7-9-18-12-10-11(14)13(12)19-8-6-16-2/h11-13H,3-10,14H2,1-2H3. The summed E-state index contributed by atoms with van der Waals surface area (Å²) in [5.74, 6) is 0. The molecule has 6 nitrogen and oxygen atoms in total. The van der Waals surface area contributed by atoms with Crippen LogP contribution in [-0.4, -0.2) is 72.1 Å². The summed E-state index contributed by atoms with van der Waals surface area (Å²) in [6.07, 6.45) is 1.84. The van der Waals surface area contributed by atoms with E-state index in [0.29, 0.717) is 33.0 Å². The van der Waals surface area contributed by atoms with Gasteiger partial charge in [-0.05, 0) is 12.8 Å². The highest BCUT2D eigenvalue weighted by molar-refractivity contribution is 4.95. The fraction of sp³-hybridized carbons (Fsp3) is 1.00. The smallest absolute Gasteiger partial charge is 0.0989 e. The van der Waals surface area contributed by atoms with Gasteiger partial charge in [0, 0.05) is 33.5 Å². The normalized spacial score (nSPS) is 26.4. The van der Waals surface area contributed by atoms with Crippen molar-refractivity contribution in [1.29, 1.82) is 0 Å². The predicted octanol–water partition coefficient (Wildman–Crippen LogP) is 0.187. The van der Waals surface area contributed by atoms with Crippen LogP contribution in [0.5, 0.6) is 0 Å². The average Bonchev–Trinajstić information content (AvgIpc) is 2.41. The van der Waals surface area contributed by atoms with Gasteiger partial charge >= 0.3 is 0 Å². The summed E-state index contributed by atoms with van der Waals surface area (Å²) < 4.78 is 26.6. The number of ether oxygens (including phenoxy) is 5. The molecule has 19 heavy (non-hydrogen) atoms. The summed E-state index contributed by atoms with van der Waals surface area (Å²) in [5, 5.41) is 0. The lowest BCUT2D eigenvalue weighted by atomic mass is 9.86. The van der Waals surface area contributed by atoms with E-state index in [9.17, 15) is 0 Å². The summed E-state index contributed by atoms with van der Waals surface area (Å²) in [6, 6.07) is 0.0736. The Morgan fingerprint density at radius 2 is 1.63 bits per heavy atom. The molecule has 1 fully saturated rings. The summed E-state index contributed by atoms with van der Waals surface area (Å²) in [6.45, 7) is 3.75. The van der Waals surface area contributed by atoms with E-state index >= 15 is 0 Å². The number of rotatable bonds is 12. The van der Waals surface area contributed by atoms with Crippen molar-refractivity contribution < 1.29 is 23.7 Å². The molecule has 2 N–H and O–H groups in total. The molecule has 0 heterocycles. The van der Waals surface area contributed by atoms with Gasteiger partial charge in [-0.2, -0.15) is 0 Å². The van der Waals surface area contributed by atoms with Crippen molar-refractivity contribution in [2.75, 3.05) is 53.9 Å². The van der Waals surface area contributed by atoms with Crippen LogP contribution >= 0.6 is 0 Å². The van der Waals surface area contributed by atoms with Crippen LogP contribution in [0.25, 0.3) is 0 Å². The highest BCUT2D eigenvalue weighted by Gasteiger charge is 2.40. The van der Waals surface area contributed by atoms with E-state index in [4.69, 9.17) is 29.4 Å². The van der Waals surface area contributed by atoms with Crippen molar-refractivity contribution in [3.8, 4) is 0 Å². The molecule has 114 valence electrons. The maximum atomic E-state index is 5.89. The molecule has 0 spiro atoms. The third-order valence-electron chi connectivity index (χ3n) is 3.09. The summed E-state index contributed by atoms with van der Waals surface area (Å²) >= 11 is 0. The highest BCUT2D eigenvalue weighted by Crippen LogP contribution is 2.25. The Hall–Kier alpha value is -0.240. The summed E-state index contributed by atoms with van der Waals surface area (Å²) in [4.78, 5) is 0. The van der Waals surface area contributed by atoms with Crippen LogP contribution in [0.3, 0.4) is 0 Å². The fourth-order valence-electron chi connectivity index (χ4n) is 1.94. The van der Waals surface area contributed by atoms with Crippen molar-refractivity contribution in [1.82, 2.24) is 0 Å². The molecule has 1 saturated carbocycles. The largest absolute Gasteiger partial charge is 0.385 e. The topological polar surface area (TPSA) is 72.2 Å². The van der Waals surface area contributed by atoms with Crippen molar-refractivity contribution in [3.63, 3.8) is 0 Å². The third kappa shape index (κ3) is 6.65. The number of hydrogen-bond donors (Lipinski definition) is 1. The lowest BCUT2D eigenvalue weighted by molar-refractivity contribution is -0.150. The number of nitrogens with two attached hydrogens (primary N) is 1. The molecule has 0 aromatic heterocycles. The fourth-order valence-corrected chi connectivity index (χ4v) is 1.94. The third-order valence-corrected chi connectivity index (χ3v) is 3.09. The van der Waals surface area contributed by atoms with Gasteiger partial charge in [-0.25, -0.2) is 0 Å². The minimum Gasteiger partial charge on any atom is -0.385 e. The average molecular weight is 277 g/mol. The Bertz CT molecular complexity index is 217. The monoisotopic (exact) mass is 277 g/mol. The molecule has 6 heteroatoms. The second-order valence-corrected chi connectivity index (χ2v) is 4.60. The Labute approximate surface area is 115 Å². The molecule has 1 aliphatic rings. The highest BCUT2D eigenvalue weighted by atomic mass is 16.6. The minimum absolute atomic E-state index is 0.0105. The Morgan fingerprint density at radius 3 is 2.32 bits per heavy atom. The molecule has 1 aliphatic carbocycles. The number of hydrogen-bond acceptors (Lipinski definition) is 6. The second-order valence-electron chi connectivity index (χ2n) is 4.60. The SMILES string of the molecule is COCCCOCCOC1CC(N)C1OCCOC. The van der Waals surface area contributed by atoms with Gasteiger partial charge in [0.15, 0.2) is 0 Å². The molecule has 0 aromatic carbocycles. The molecule has 0 amide bonds. The maximum absolute atomic E-state index is 5.89. The van der Waals surface area contributed by atoms with Crippen molar-refractivity contribution in [2.24, 2.45) is 5.73 Å². The number of methoxy groups -OCH3 is 2. The molecule has 0 saturated heterocycles. The van der Waals surface area contributed by atoms with E-state index in [1.165, 1.54) is 0 Å². The lowest BCUT2D eigenvalue weighted by Crippen LogP contribution is -2.58. The lowest BCUT2D eigenvalue weighted by Gasteiger charge is -2.41. The van der Waals surface area contributed by atoms with Crippen LogP contribution in [0.4, 0.5) is 0 Å². The van der Waals surface area contributed by atoms with Crippen molar-refractivity contribution in [3.05, 3.63) is 0 Å². The van der Waals surface area contributed by atoms with Crippen LogP contribution in [0.15, 0.2) is 0 Å². The van der Waals surface area contributed by atoms with Gasteiger partial charge < -0.3 is 29.4 Å². The molecule has 0 aromatic rings. The van der Waals surface area contributed by atoms with E-state index in [2.05, 4.69) is 0 Å². The van der Waals surface area contributed by atoms with Crippen molar-refractivity contribution in [2.45, 2.75) is 31.1 Å². The van der Waals surface area contributed by atoms with Crippen LogP contribution in [0.1, 0.15) is 12.8 Å². The Kier molecular flexibility index (Phi) is 9.32. The molecule has 0 aliphatic heterocycles. The van der Waals surface area contributed by atoms with E-state index in [0.717, 1.165) is 19.4 Å². The van der Waals surface area contributed by atoms with Gasteiger partial charge in [-0.15, -0.1) is 0 Å². The zero-order valence-electron chi connectivity index (χ0n) is 12.0. The van der Waals surface area contributed by atoms with Gasteiger partial charge in [-0.1, -0.05) is 0 Å². The van der Waals surface area contributed by atoms with E-state index < -0.39 is 0 Å². The first-order chi connectivity index (χ1) is 9.29. The molecule has 3 unspecified atom stereocenters. The van der Waals surface area contributed by atoms with Crippen LogP contribution in [0, 0.1) is 0 Å². The molecule has 1 rings (SSSR count). The summed E-state index contributed by atoms with van der Waals surface area (Å²) in [5.41, 5.74) is 5.89. The molecule has 0 bridgehead atoms. The predicted molar refractivity (Wildman–Crippen MR) is 71.3 cm³/mol. The van der Waals surface area contributed by atoms with Gasteiger partial charge in [-0.3, -0.25) is 0 Å². The Morgan fingerprint density at radius 1 is 0.895 bits per heavy atom. The van der Waals surface area contributed by atoms with Gasteiger partial charge in [0.05, 0.1) is 38.6 Å². The molecule has 3 atom stereocenters. The quantitative estimate of drug-likeness (QED) is 0.513. The van der Waals surface area contributed by atoms with Crippen LogP contribution in [-0.2, 0) is 23.7 Å². The zero-order valence-corrected chi connectivity index (χ0v) is 12.0. The zero-order chi connectivity index (χ0) is 13.9. The maximum Gasteiger partial charge on any atom is 0.0989 e. The van der Waals surface area contributed by atoms with E-state index in [1.54, 1.807) is 14.2 Å². The molecular formula is C13H27NO5. The molecular weight excluding hydrogens is 250 g/mol. The second kappa shape index (κ2) is 10.5. The van der Waals surface area contributed by atoms with Gasteiger partial charge in [0.1, 0.15) is 0 Å². The van der Waals surface area contributed by atoms with Gasteiger partial charge in [0.25, 0.3) is 0 Å². The van der Waals surface area contributed by atoms with E-state index in [-0.39, 0.29) is 18.2 Å². The first-order valence-electron chi connectivity index (χ1n) is 6.84. The minimum atomic E-state index is -0.0105. The van der Waals surface area contributed by atoms with E-state index in [1.807, 2.05) is 0 Å². The Balaban J connectivity index is 1.96. The summed E-state index contributed by atoms with van der Waals surface area (Å²) in [7, 11) is 3.34. The van der Waals surface area contributed by atoms with Gasteiger partial charge in [0.2, 0.25) is 0 Å². The van der Waals surface area contributed by atoms with Crippen LogP contribution in [0.2, 0.25) is 0 Å². The molecule has 0 radical (unpaired) electrons. The van der Waals surface area contributed by atoms with Crippen molar-refractivity contribution >= 4 is 0 Å². The first kappa shape index (κ1) is 16.8.